The largest absolute Gasteiger partial charge is 0.388 e. The normalized spacial score (nSPS) is 25.9. The van der Waals surface area contributed by atoms with E-state index in [9.17, 15) is 9.90 Å². The second-order valence-electron chi connectivity index (χ2n) is 9.95. The number of carbonyl (C=O) groups is 1. The Hall–Kier alpha value is -2.96. The summed E-state index contributed by atoms with van der Waals surface area (Å²) in [6.07, 6.45) is 4.62. The van der Waals surface area contributed by atoms with Crippen molar-refractivity contribution in [3.63, 3.8) is 0 Å². The molecular formula is C28H33N3O3. The molecule has 2 aliphatic rings. The summed E-state index contributed by atoms with van der Waals surface area (Å²) in [4.78, 5) is 15.4. The van der Waals surface area contributed by atoms with Gasteiger partial charge in [-0.05, 0) is 31.7 Å². The number of amides is 1. The predicted octanol–water partition coefficient (Wildman–Crippen LogP) is 4.71. The van der Waals surface area contributed by atoms with Crippen LogP contribution in [0.5, 0.6) is 0 Å². The third kappa shape index (κ3) is 4.79. The van der Waals surface area contributed by atoms with Crippen LogP contribution in [-0.4, -0.2) is 39.3 Å². The van der Waals surface area contributed by atoms with Gasteiger partial charge in [0.1, 0.15) is 5.69 Å². The van der Waals surface area contributed by atoms with E-state index >= 15 is 0 Å². The molecule has 178 valence electrons. The Balaban J connectivity index is 1.43. The molecule has 1 saturated heterocycles. The molecule has 0 radical (unpaired) electrons. The second kappa shape index (κ2) is 9.72. The fourth-order valence-corrected chi connectivity index (χ4v) is 5.47. The minimum Gasteiger partial charge on any atom is -0.388 e. The highest BCUT2D eigenvalue weighted by Gasteiger charge is 2.47. The quantitative estimate of drug-likeness (QED) is 0.558. The van der Waals surface area contributed by atoms with Gasteiger partial charge >= 0.3 is 0 Å². The molecule has 34 heavy (non-hydrogen) atoms. The monoisotopic (exact) mass is 459 g/mol. The summed E-state index contributed by atoms with van der Waals surface area (Å²) in [5.74, 6) is 0.879. The molecule has 0 spiro atoms. The number of aromatic nitrogens is 1. The van der Waals surface area contributed by atoms with Crippen molar-refractivity contribution in [3.8, 4) is 11.3 Å². The lowest BCUT2D eigenvalue weighted by atomic mass is 9.79. The third-order valence-corrected chi connectivity index (χ3v) is 7.44. The van der Waals surface area contributed by atoms with Crippen LogP contribution in [0, 0.1) is 5.92 Å². The molecule has 6 nitrogen and oxygen atoms in total. The minimum absolute atomic E-state index is 0.0466. The number of piperidine rings is 1. The van der Waals surface area contributed by atoms with Gasteiger partial charge in [0, 0.05) is 24.1 Å². The average Bonchev–Trinajstić information content (AvgIpc) is 3.55. The summed E-state index contributed by atoms with van der Waals surface area (Å²) in [7, 11) is 0. The summed E-state index contributed by atoms with van der Waals surface area (Å²) >= 11 is 0. The molecule has 3 unspecified atom stereocenters. The van der Waals surface area contributed by atoms with Crippen molar-refractivity contribution in [2.24, 2.45) is 5.92 Å². The smallest absolute Gasteiger partial charge is 0.223 e. The van der Waals surface area contributed by atoms with E-state index in [1.165, 1.54) is 0 Å². The molecule has 3 atom stereocenters. The Morgan fingerprint density at radius 2 is 1.79 bits per heavy atom. The molecule has 2 heterocycles. The van der Waals surface area contributed by atoms with Gasteiger partial charge in [-0.1, -0.05) is 78.7 Å². The molecule has 2 fully saturated rings. The maximum absolute atomic E-state index is 13.1. The van der Waals surface area contributed by atoms with Gasteiger partial charge in [0.25, 0.3) is 0 Å². The van der Waals surface area contributed by atoms with E-state index in [1.54, 1.807) is 0 Å². The topological polar surface area (TPSA) is 78.6 Å². The molecular weight excluding hydrogens is 426 g/mol. The predicted molar refractivity (Wildman–Crippen MR) is 131 cm³/mol. The second-order valence-corrected chi connectivity index (χ2v) is 9.95. The maximum atomic E-state index is 13.1. The van der Waals surface area contributed by atoms with Gasteiger partial charge < -0.3 is 14.9 Å². The number of likely N-dealkylation sites (tertiary alicyclic amines) is 1. The SMILES string of the molecule is CC1(O)CCN(Cc2cc(-c3ccccc3)no2)C(c2ccccc2)C1NC(=O)C1CCCC1. The van der Waals surface area contributed by atoms with Gasteiger partial charge in [-0.15, -0.1) is 0 Å². The van der Waals surface area contributed by atoms with Crippen molar-refractivity contribution in [3.05, 3.63) is 78.1 Å². The molecule has 1 aliphatic heterocycles. The van der Waals surface area contributed by atoms with Gasteiger partial charge in [-0.3, -0.25) is 9.69 Å². The molecule has 1 saturated carbocycles. The van der Waals surface area contributed by atoms with Crippen molar-refractivity contribution in [2.75, 3.05) is 6.54 Å². The van der Waals surface area contributed by atoms with Crippen LogP contribution in [0.4, 0.5) is 0 Å². The zero-order valence-electron chi connectivity index (χ0n) is 19.7. The number of carbonyl (C=O) groups excluding carboxylic acids is 1. The third-order valence-electron chi connectivity index (χ3n) is 7.44. The molecule has 1 amide bonds. The Bertz CT molecular complexity index is 1090. The summed E-state index contributed by atoms with van der Waals surface area (Å²) in [6, 6.07) is 21.5. The highest BCUT2D eigenvalue weighted by molar-refractivity contribution is 5.79. The van der Waals surface area contributed by atoms with E-state index in [0.29, 0.717) is 19.5 Å². The fraction of sp³-hybridized carbons (Fsp3) is 0.429. The van der Waals surface area contributed by atoms with Crippen LogP contribution in [0.25, 0.3) is 11.3 Å². The Morgan fingerprint density at radius 1 is 1.12 bits per heavy atom. The molecule has 1 aromatic heterocycles. The molecule has 3 aromatic rings. The highest BCUT2D eigenvalue weighted by Crippen LogP contribution is 2.39. The first-order chi connectivity index (χ1) is 16.5. The first-order valence-electron chi connectivity index (χ1n) is 12.3. The number of aliphatic hydroxyl groups is 1. The fourth-order valence-electron chi connectivity index (χ4n) is 5.47. The number of nitrogens with zero attached hydrogens (tertiary/aromatic N) is 2. The van der Waals surface area contributed by atoms with Crippen molar-refractivity contribution >= 4 is 5.91 Å². The lowest BCUT2D eigenvalue weighted by molar-refractivity contribution is -0.132. The van der Waals surface area contributed by atoms with Crippen LogP contribution < -0.4 is 5.32 Å². The molecule has 0 bridgehead atoms. The lowest BCUT2D eigenvalue weighted by Gasteiger charge is -2.49. The summed E-state index contributed by atoms with van der Waals surface area (Å²) in [6.45, 7) is 3.08. The first-order valence-corrected chi connectivity index (χ1v) is 12.3. The van der Waals surface area contributed by atoms with Crippen molar-refractivity contribution in [1.29, 1.82) is 0 Å². The standard InChI is InChI=1S/C28H33N3O3/c1-28(33)16-17-31(19-23-18-24(30-34-23)20-10-4-2-5-11-20)25(21-12-6-3-7-13-21)26(28)29-27(32)22-14-8-9-15-22/h2-7,10-13,18,22,25-26,33H,8-9,14-17,19H2,1H3,(H,29,32). The van der Waals surface area contributed by atoms with Crippen LogP contribution in [0.15, 0.2) is 71.3 Å². The zero-order chi connectivity index (χ0) is 23.5. The van der Waals surface area contributed by atoms with Crippen molar-refractivity contribution in [1.82, 2.24) is 15.4 Å². The van der Waals surface area contributed by atoms with E-state index in [1.807, 2.05) is 61.5 Å². The van der Waals surface area contributed by atoms with Crippen molar-refractivity contribution < 1.29 is 14.4 Å². The Kier molecular flexibility index (Phi) is 6.53. The molecule has 6 heteroatoms. The average molecular weight is 460 g/mol. The Labute approximate surface area is 201 Å². The first kappa shape index (κ1) is 22.8. The van der Waals surface area contributed by atoms with Gasteiger partial charge in [-0.2, -0.15) is 0 Å². The van der Waals surface area contributed by atoms with Gasteiger partial charge in [0.15, 0.2) is 5.76 Å². The molecule has 1 aliphatic carbocycles. The van der Waals surface area contributed by atoms with E-state index in [2.05, 4.69) is 27.5 Å². The Morgan fingerprint density at radius 3 is 2.50 bits per heavy atom. The lowest BCUT2D eigenvalue weighted by Crippen LogP contribution is -2.62. The van der Waals surface area contributed by atoms with E-state index in [4.69, 9.17) is 4.52 Å². The summed E-state index contributed by atoms with van der Waals surface area (Å²) in [5, 5.41) is 19.0. The number of hydrogen-bond acceptors (Lipinski definition) is 5. The van der Waals surface area contributed by atoms with Crippen LogP contribution in [0.2, 0.25) is 0 Å². The van der Waals surface area contributed by atoms with Crippen LogP contribution in [0.1, 0.15) is 56.4 Å². The molecule has 2 aromatic carbocycles. The zero-order valence-corrected chi connectivity index (χ0v) is 19.7. The minimum atomic E-state index is -1.01. The molecule has 2 N–H and O–H groups in total. The molecule has 5 rings (SSSR count). The number of rotatable bonds is 6. The van der Waals surface area contributed by atoms with E-state index < -0.39 is 11.6 Å². The number of hydrogen-bond donors (Lipinski definition) is 2. The van der Waals surface area contributed by atoms with E-state index in [0.717, 1.165) is 48.3 Å². The van der Waals surface area contributed by atoms with Crippen LogP contribution >= 0.6 is 0 Å². The van der Waals surface area contributed by atoms with Gasteiger partial charge in [-0.25, -0.2) is 0 Å². The van der Waals surface area contributed by atoms with Gasteiger partial charge in [0.2, 0.25) is 5.91 Å². The number of benzene rings is 2. The maximum Gasteiger partial charge on any atom is 0.223 e. The summed E-state index contributed by atoms with van der Waals surface area (Å²) in [5.41, 5.74) is 1.88. The highest BCUT2D eigenvalue weighted by atomic mass is 16.5. The summed E-state index contributed by atoms with van der Waals surface area (Å²) < 4.78 is 5.71. The van der Waals surface area contributed by atoms with Crippen LogP contribution in [-0.2, 0) is 11.3 Å². The van der Waals surface area contributed by atoms with Crippen LogP contribution in [0.3, 0.4) is 0 Å². The van der Waals surface area contributed by atoms with E-state index in [-0.39, 0.29) is 17.9 Å². The van der Waals surface area contributed by atoms with Crippen molar-refractivity contribution in [2.45, 2.75) is 63.3 Å². The van der Waals surface area contributed by atoms with Gasteiger partial charge in [0.05, 0.1) is 24.2 Å². The number of nitrogens with one attached hydrogen (secondary N) is 1.